The van der Waals surface area contributed by atoms with E-state index < -0.39 is 10.0 Å². The van der Waals surface area contributed by atoms with Crippen LogP contribution in [0.15, 0.2) is 47.4 Å². The maximum atomic E-state index is 12.4. The topological polar surface area (TPSA) is 84.3 Å². The molecule has 0 aliphatic rings. The second kappa shape index (κ2) is 9.16. The third-order valence-electron chi connectivity index (χ3n) is 4.90. The van der Waals surface area contributed by atoms with E-state index in [9.17, 15) is 13.2 Å². The summed E-state index contributed by atoms with van der Waals surface area (Å²) < 4.78 is 28.0. The molecule has 7 nitrogen and oxygen atoms in total. The van der Waals surface area contributed by atoms with Gasteiger partial charge in [-0.3, -0.25) is 4.79 Å². The van der Waals surface area contributed by atoms with Gasteiger partial charge in [0.1, 0.15) is 5.82 Å². The van der Waals surface area contributed by atoms with Crippen molar-refractivity contribution in [1.82, 2.24) is 19.2 Å². The zero-order chi connectivity index (χ0) is 21.9. The molecule has 3 aromatic rings. The largest absolute Gasteiger partial charge is 0.352 e. The van der Waals surface area contributed by atoms with Crippen LogP contribution in [-0.4, -0.2) is 42.3 Å². The fourth-order valence-corrected chi connectivity index (χ4v) is 4.35. The predicted molar refractivity (Wildman–Crippen MR) is 118 cm³/mol. The van der Waals surface area contributed by atoms with Crippen LogP contribution in [0.5, 0.6) is 0 Å². The number of hydrogen-bond donors (Lipinski definition) is 1. The van der Waals surface area contributed by atoms with Gasteiger partial charge in [-0.25, -0.2) is 17.7 Å². The minimum atomic E-state index is -3.53. The van der Waals surface area contributed by atoms with Crippen LogP contribution in [0, 0.1) is 0 Å². The lowest BCUT2D eigenvalue weighted by molar-refractivity contribution is -0.121. The van der Waals surface area contributed by atoms with E-state index in [2.05, 4.69) is 10.3 Å². The summed E-state index contributed by atoms with van der Waals surface area (Å²) in [6.07, 6.45) is 0.725. The number of aryl methyl sites for hydroxylation is 2. The number of nitrogens with one attached hydrogen (secondary N) is 1. The maximum absolute atomic E-state index is 12.4. The Kier molecular flexibility index (Phi) is 6.80. The minimum absolute atomic E-state index is 0.0968. The standard InChI is InChI=1S/C21H25ClN4O3S/c1-4-26-19-10-9-16(30(28,29)25(2)3)13-18(19)24-20(26)11-12-21(27)23-14-15-7-5-6-8-17(15)22/h5-10,13H,4,11-12,14H2,1-3H3,(H,23,27). The number of carbonyl (C=O) groups excluding carboxylic acids is 1. The van der Waals surface area contributed by atoms with E-state index in [0.717, 1.165) is 16.9 Å². The van der Waals surface area contributed by atoms with Gasteiger partial charge in [0.25, 0.3) is 0 Å². The van der Waals surface area contributed by atoms with Gasteiger partial charge in [-0.2, -0.15) is 0 Å². The van der Waals surface area contributed by atoms with Crippen molar-refractivity contribution in [3.8, 4) is 0 Å². The minimum Gasteiger partial charge on any atom is -0.352 e. The van der Waals surface area contributed by atoms with Gasteiger partial charge in [0.05, 0.1) is 15.9 Å². The van der Waals surface area contributed by atoms with E-state index in [0.29, 0.717) is 30.0 Å². The Balaban J connectivity index is 1.74. The molecule has 0 aliphatic heterocycles. The molecule has 30 heavy (non-hydrogen) atoms. The number of sulfonamides is 1. The van der Waals surface area contributed by atoms with E-state index in [1.807, 2.05) is 29.7 Å². The van der Waals surface area contributed by atoms with Gasteiger partial charge in [0, 0.05) is 45.0 Å². The summed E-state index contributed by atoms with van der Waals surface area (Å²) in [7, 11) is -0.539. The molecule has 160 valence electrons. The zero-order valence-corrected chi connectivity index (χ0v) is 18.8. The number of halogens is 1. The lowest BCUT2D eigenvalue weighted by atomic mass is 10.2. The Labute approximate surface area is 181 Å². The highest BCUT2D eigenvalue weighted by Gasteiger charge is 2.19. The molecule has 0 bridgehead atoms. The van der Waals surface area contributed by atoms with Crippen LogP contribution < -0.4 is 5.32 Å². The number of nitrogens with zero attached hydrogens (tertiary/aromatic N) is 3. The molecule has 0 radical (unpaired) electrons. The number of amides is 1. The van der Waals surface area contributed by atoms with Crippen LogP contribution in [0.3, 0.4) is 0 Å². The summed E-state index contributed by atoms with van der Waals surface area (Å²) in [6, 6.07) is 12.3. The Morgan fingerprint density at radius 3 is 2.60 bits per heavy atom. The van der Waals surface area contributed by atoms with Crippen molar-refractivity contribution in [1.29, 1.82) is 0 Å². The van der Waals surface area contributed by atoms with Gasteiger partial charge < -0.3 is 9.88 Å². The number of aromatic nitrogens is 2. The molecule has 0 aliphatic carbocycles. The second-order valence-electron chi connectivity index (χ2n) is 7.08. The average molecular weight is 449 g/mol. The molecule has 1 aromatic heterocycles. The summed E-state index contributed by atoms with van der Waals surface area (Å²) in [5, 5.41) is 3.50. The first-order valence-corrected chi connectivity index (χ1v) is 11.5. The van der Waals surface area contributed by atoms with E-state index in [-0.39, 0.29) is 17.2 Å². The van der Waals surface area contributed by atoms with Gasteiger partial charge in [-0.1, -0.05) is 29.8 Å². The molecule has 0 saturated heterocycles. The van der Waals surface area contributed by atoms with Crippen LogP contribution in [0.4, 0.5) is 0 Å². The Hall–Kier alpha value is -2.42. The first kappa shape index (κ1) is 22.3. The van der Waals surface area contributed by atoms with Crippen molar-refractivity contribution in [2.24, 2.45) is 0 Å². The van der Waals surface area contributed by atoms with Gasteiger partial charge in [0.15, 0.2) is 0 Å². The summed E-state index contributed by atoms with van der Waals surface area (Å²) >= 11 is 6.12. The van der Waals surface area contributed by atoms with Gasteiger partial charge in [-0.05, 0) is 36.8 Å². The Morgan fingerprint density at radius 2 is 1.93 bits per heavy atom. The van der Waals surface area contributed by atoms with Crippen LogP contribution in [0.2, 0.25) is 5.02 Å². The molecule has 1 amide bonds. The first-order chi connectivity index (χ1) is 14.2. The van der Waals surface area contributed by atoms with Gasteiger partial charge in [-0.15, -0.1) is 0 Å². The molecule has 1 N–H and O–H groups in total. The number of imidazole rings is 1. The number of fused-ring (bicyclic) bond motifs is 1. The molecule has 0 unspecified atom stereocenters. The van der Waals surface area contributed by atoms with E-state index in [1.54, 1.807) is 24.3 Å². The predicted octanol–water partition coefficient (Wildman–Crippen LogP) is 3.21. The van der Waals surface area contributed by atoms with Crippen molar-refractivity contribution in [3.63, 3.8) is 0 Å². The molecule has 9 heteroatoms. The zero-order valence-electron chi connectivity index (χ0n) is 17.2. The van der Waals surface area contributed by atoms with Crippen molar-refractivity contribution in [2.45, 2.75) is 37.8 Å². The van der Waals surface area contributed by atoms with E-state index >= 15 is 0 Å². The monoisotopic (exact) mass is 448 g/mol. The van der Waals surface area contributed by atoms with Crippen LogP contribution in [-0.2, 0) is 34.3 Å². The number of hydrogen-bond acceptors (Lipinski definition) is 4. The smallest absolute Gasteiger partial charge is 0.242 e. The Bertz CT molecular complexity index is 1170. The van der Waals surface area contributed by atoms with Crippen LogP contribution in [0.25, 0.3) is 11.0 Å². The summed E-state index contributed by atoms with van der Waals surface area (Å²) in [5.74, 6) is 0.653. The Morgan fingerprint density at radius 1 is 1.20 bits per heavy atom. The molecule has 3 rings (SSSR count). The molecular weight excluding hydrogens is 424 g/mol. The summed E-state index contributed by atoms with van der Waals surface area (Å²) in [4.78, 5) is 17.1. The fourth-order valence-electron chi connectivity index (χ4n) is 3.22. The normalized spacial score (nSPS) is 11.9. The third-order valence-corrected chi connectivity index (χ3v) is 7.08. The molecule has 0 saturated carbocycles. The van der Waals surface area contributed by atoms with E-state index in [4.69, 9.17) is 11.6 Å². The number of benzene rings is 2. The average Bonchev–Trinajstić information content (AvgIpc) is 3.08. The number of carbonyl (C=O) groups is 1. The molecule has 1 heterocycles. The third kappa shape index (κ3) is 4.66. The highest BCUT2D eigenvalue weighted by Crippen LogP contribution is 2.23. The second-order valence-corrected chi connectivity index (χ2v) is 9.64. The molecule has 0 fully saturated rings. The van der Waals surface area contributed by atoms with Gasteiger partial charge in [0.2, 0.25) is 15.9 Å². The van der Waals surface area contributed by atoms with Gasteiger partial charge >= 0.3 is 0 Å². The lowest BCUT2D eigenvalue weighted by Crippen LogP contribution is -2.23. The molecule has 0 spiro atoms. The van der Waals surface area contributed by atoms with Crippen molar-refractivity contribution >= 4 is 38.6 Å². The van der Waals surface area contributed by atoms with Crippen molar-refractivity contribution in [3.05, 3.63) is 58.9 Å². The summed E-state index contributed by atoms with van der Waals surface area (Å²) in [5.41, 5.74) is 2.32. The maximum Gasteiger partial charge on any atom is 0.242 e. The SMILES string of the molecule is CCn1c(CCC(=O)NCc2ccccc2Cl)nc2cc(S(=O)(=O)N(C)C)ccc21. The van der Waals surface area contributed by atoms with Crippen molar-refractivity contribution in [2.75, 3.05) is 14.1 Å². The molecular formula is C21H25ClN4O3S. The first-order valence-electron chi connectivity index (χ1n) is 9.65. The molecule has 2 aromatic carbocycles. The summed E-state index contributed by atoms with van der Waals surface area (Å²) in [6.45, 7) is 3.04. The number of rotatable bonds is 8. The lowest BCUT2D eigenvalue weighted by Gasteiger charge is -2.11. The quantitative estimate of drug-likeness (QED) is 0.573. The van der Waals surface area contributed by atoms with Crippen molar-refractivity contribution < 1.29 is 13.2 Å². The van der Waals surface area contributed by atoms with E-state index in [1.165, 1.54) is 18.4 Å². The highest BCUT2D eigenvalue weighted by molar-refractivity contribution is 7.89. The molecule has 0 atom stereocenters. The fraction of sp³-hybridized carbons (Fsp3) is 0.333. The van der Waals surface area contributed by atoms with Crippen LogP contribution >= 0.6 is 11.6 Å². The van der Waals surface area contributed by atoms with Crippen LogP contribution in [0.1, 0.15) is 24.7 Å². The highest BCUT2D eigenvalue weighted by atomic mass is 35.5.